The van der Waals surface area contributed by atoms with Crippen LogP contribution in [0.3, 0.4) is 0 Å². The second kappa shape index (κ2) is 8.02. The minimum atomic E-state index is -0.603. The Hall–Kier alpha value is -3.26. The molecule has 1 N–H and O–H groups in total. The first-order valence-electron chi connectivity index (χ1n) is 10.9. The molecule has 0 radical (unpaired) electrons. The molecular weight excluding hydrogens is 408 g/mol. The Bertz CT molecular complexity index is 1190. The van der Waals surface area contributed by atoms with Crippen LogP contribution >= 0.6 is 0 Å². The van der Waals surface area contributed by atoms with Crippen LogP contribution in [-0.4, -0.2) is 47.7 Å². The molecule has 0 bridgehead atoms. The van der Waals surface area contributed by atoms with Gasteiger partial charge in [0.15, 0.2) is 11.5 Å². The number of esters is 1. The highest BCUT2D eigenvalue weighted by Crippen LogP contribution is 2.42. The molecule has 0 fully saturated rings. The second-order valence-corrected chi connectivity index (χ2v) is 8.71. The average Bonchev–Trinajstić information content (AvgIpc) is 3.29. The van der Waals surface area contributed by atoms with E-state index in [1.165, 1.54) is 7.11 Å². The van der Waals surface area contributed by atoms with Gasteiger partial charge in [0.2, 0.25) is 6.23 Å². The van der Waals surface area contributed by atoms with E-state index in [2.05, 4.69) is 34.7 Å². The summed E-state index contributed by atoms with van der Waals surface area (Å²) in [5.41, 5.74) is 4.03. The van der Waals surface area contributed by atoms with Crippen LogP contribution in [-0.2, 0) is 17.8 Å². The fourth-order valence-corrected chi connectivity index (χ4v) is 4.69. The van der Waals surface area contributed by atoms with Crippen molar-refractivity contribution in [1.82, 2.24) is 14.5 Å². The highest BCUT2D eigenvalue weighted by atomic mass is 16.6. The van der Waals surface area contributed by atoms with Crippen LogP contribution in [0.25, 0.3) is 11.0 Å². The van der Waals surface area contributed by atoms with Gasteiger partial charge >= 0.3 is 5.97 Å². The van der Waals surface area contributed by atoms with Crippen molar-refractivity contribution < 1.29 is 19.0 Å². The third kappa shape index (κ3) is 3.44. The fraction of sp³-hybridized carbons (Fsp3) is 0.417. The maximum Gasteiger partial charge on any atom is 0.344 e. The molecule has 2 aliphatic heterocycles. The summed E-state index contributed by atoms with van der Waals surface area (Å²) in [5, 5.41) is 3.32. The van der Waals surface area contributed by atoms with Gasteiger partial charge in [-0.05, 0) is 36.2 Å². The van der Waals surface area contributed by atoms with E-state index in [9.17, 15) is 4.79 Å². The molecule has 2 aromatic carbocycles. The van der Waals surface area contributed by atoms with Gasteiger partial charge in [-0.3, -0.25) is 4.90 Å². The summed E-state index contributed by atoms with van der Waals surface area (Å²) in [7, 11) is 3.06. The topological polar surface area (TPSA) is 77.9 Å². The molecule has 8 heteroatoms. The number of nitrogens with zero attached hydrogens (tertiary/aromatic N) is 3. The number of benzene rings is 2. The molecule has 32 heavy (non-hydrogen) atoms. The Labute approximate surface area is 187 Å². The van der Waals surface area contributed by atoms with Gasteiger partial charge in [0.1, 0.15) is 11.4 Å². The van der Waals surface area contributed by atoms with Gasteiger partial charge in [-0.1, -0.05) is 13.8 Å². The second-order valence-electron chi connectivity index (χ2n) is 8.71. The third-order valence-corrected chi connectivity index (χ3v) is 6.04. The summed E-state index contributed by atoms with van der Waals surface area (Å²) in [6, 6.07) is 9.71. The van der Waals surface area contributed by atoms with Crippen molar-refractivity contribution in [3.05, 3.63) is 47.3 Å². The van der Waals surface area contributed by atoms with Crippen LogP contribution in [0.1, 0.15) is 41.8 Å². The van der Waals surface area contributed by atoms with Crippen LogP contribution in [0.15, 0.2) is 30.3 Å². The van der Waals surface area contributed by atoms with E-state index in [0.29, 0.717) is 23.0 Å². The molecule has 3 aromatic rings. The molecule has 1 aromatic heterocycles. The van der Waals surface area contributed by atoms with Crippen molar-refractivity contribution in [1.29, 1.82) is 0 Å². The van der Waals surface area contributed by atoms with E-state index >= 15 is 0 Å². The number of methoxy groups -OCH3 is 2. The number of nitrogens with one attached hydrogen (secondary N) is 1. The number of fused-ring (bicyclic) bond motifs is 4. The predicted octanol–water partition coefficient (Wildman–Crippen LogP) is 3.81. The number of anilines is 1. The zero-order valence-corrected chi connectivity index (χ0v) is 18.8. The summed E-state index contributed by atoms with van der Waals surface area (Å²) < 4.78 is 18.6. The number of hydrogen-bond donors (Lipinski definition) is 1. The fourth-order valence-electron chi connectivity index (χ4n) is 4.69. The monoisotopic (exact) mass is 436 g/mol. The summed E-state index contributed by atoms with van der Waals surface area (Å²) >= 11 is 0. The molecule has 0 saturated heterocycles. The smallest absolute Gasteiger partial charge is 0.344 e. The third-order valence-electron chi connectivity index (χ3n) is 6.04. The molecule has 0 spiro atoms. The van der Waals surface area contributed by atoms with E-state index in [4.69, 9.17) is 19.2 Å². The Balaban J connectivity index is 1.41. The van der Waals surface area contributed by atoms with Gasteiger partial charge in [-0.25, -0.2) is 9.78 Å². The molecule has 168 valence electrons. The summed E-state index contributed by atoms with van der Waals surface area (Å²) in [6.07, 6.45) is -0.603. The largest absolute Gasteiger partial charge is 0.493 e. The van der Waals surface area contributed by atoms with Gasteiger partial charge in [-0.15, -0.1) is 0 Å². The lowest BCUT2D eigenvalue weighted by Gasteiger charge is -2.29. The Kier molecular flexibility index (Phi) is 5.17. The van der Waals surface area contributed by atoms with Crippen molar-refractivity contribution in [3.63, 3.8) is 0 Å². The standard InChI is InChI=1S/C24H28N4O4/c1-14(2)12-27-9-10-28-18-7-5-15(11-17(18)26-20(28)13-27)25-23-16-6-8-19(30-3)22(31-4)21(16)24(29)32-23/h5-8,11,14,23,25H,9-10,12-13H2,1-4H3/t23-/m1/s1. The Morgan fingerprint density at radius 2 is 2.03 bits per heavy atom. The molecule has 3 heterocycles. The maximum atomic E-state index is 12.5. The molecule has 0 unspecified atom stereocenters. The lowest BCUT2D eigenvalue weighted by atomic mass is 10.1. The molecular formula is C24H28N4O4. The minimum Gasteiger partial charge on any atom is -0.493 e. The van der Waals surface area contributed by atoms with Crippen LogP contribution in [0.5, 0.6) is 11.5 Å². The van der Waals surface area contributed by atoms with E-state index in [0.717, 1.165) is 54.3 Å². The average molecular weight is 437 g/mol. The summed E-state index contributed by atoms with van der Waals surface area (Å²) in [5.74, 6) is 2.19. The highest BCUT2D eigenvalue weighted by Gasteiger charge is 2.36. The minimum absolute atomic E-state index is 0.391. The van der Waals surface area contributed by atoms with E-state index in [-0.39, 0.29) is 0 Å². The number of ether oxygens (including phenoxy) is 3. The van der Waals surface area contributed by atoms with Crippen LogP contribution in [0.2, 0.25) is 0 Å². The van der Waals surface area contributed by atoms with Gasteiger partial charge in [0.25, 0.3) is 0 Å². The molecule has 2 aliphatic rings. The lowest BCUT2D eigenvalue weighted by Crippen LogP contribution is -2.36. The molecule has 5 rings (SSSR count). The van der Waals surface area contributed by atoms with Gasteiger partial charge in [0.05, 0.1) is 31.8 Å². The van der Waals surface area contributed by atoms with Crippen LogP contribution in [0.4, 0.5) is 5.69 Å². The maximum absolute atomic E-state index is 12.5. The molecule has 8 nitrogen and oxygen atoms in total. The van der Waals surface area contributed by atoms with Crippen LogP contribution in [0, 0.1) is 5.92 Å². The SMILES string of the molecule is COc1ccc2c(c1OC)C(=O)O[C@H]2Nc1ccc2c(c1)nc1n2CCN(CC(C)C)C1. The lowest BCUT2D eigenvalue weighted by molar-refractivity contribution is 0.0435. The number of carbonyl (C=O) groups is 1. The first-order chi connectivity index (χ1) is 15.5. The number of imidazole rings is 1. The first-order valence-corrected chi connectivity index (χ1v) is 10.9. The zero-order valence-electron chi connectivity index (χ0n) is 18.8. The summed E-state index contributed by atoms with van der Waals surface area (Å²) in [4.78, 5) is 19.9. The number of cyclic esters (lactones) is 1. The number of hydrogen-bond acceptors (Lipinski definition) is 7. The molecule has 1 atom stereocenters. The Morgan fingerprint density at radius 3 is 2.78 bits per heavy atom. The van der Waals surface area contributed by atoms with Gasteiger partial charge in [0, 0.05) is 30.9 Å². The van der Waals surface area contributed by atoms with Crippen molar-refractivity contribution in [2.75, 3.05) is 32.6 Å². The van der Waals surface area contributed by atoms with Gasteiger partial charge < -0.3 is 24.1 Å². The van der Waals surface area contributed by atoms with Crippen molar-refractivity contribution in [3.8, 4) is 11.5 Å². The number of rotatable bonds is 6. The predicted molar refractivity (Wildman–Crippen MR) is 121 cm³/mol. The van der Waals surface area contributed by atoms with Gasteiger partial charge in [-0.2, -0.15) is 0 Å². The van der Waals surface area contributed by atoms with E-state index in [1.807, 2.05) is 18.2 Å². The first kappa shape index (κ1) is 20.6. The summed E-state index contributed by atoms with van der Waals surface area (Å²) in [6.45, 7) is 8.42. The zero-order chi connectivity index (χ0) is 22.4. The molecule has 0 amide bonds. The number of aromatic nitrogens is 2. The Morgan fingerprint density at radius 1 is 1.19 bits per heavy atom. The van der Waals surface area contributed by atoms with Crippen molar-refractivity contribution >= 4 is 22.7 Å². The van der Waals surface area contributed by atoms with E-state index < -0.39 is 12.2 Å². The van der Waals surface area contributed by atoms with Crippen molar-refractivity contribution in [2.45, 2.75) is 33.2 Å². The number of carbonyl (C=O) groups excluding carboxylic acids is 1. The highest BCUT2D eigenvalue weighted by molar-refractivity contribution is 5.98. The quantitative estimate of drug-likeness (QED) is 0.589. The molecule has 0 aliphatic carbocycles. The van der Waals surface area contributed by atoms with Crippen LogP contribution < -0.4 is 14.8 Å². The molecule has 0 saturated carbocycles. The van der Waals surface area contributed by atoms with Crippen molar-refractivity contribution in [2.24, 2.45) is 5.92 Å². The van der Waals surface area contributed by atoms with E-state index in [1.54, 1.807) is 13.2 Å². The normalized spacial score (nSPS) is 17.9.